The fraction of sp³-hybridized carbons (Fsp3) is 0.625. The largest absolute Gasteiger partial charge is 0.382 e. The summed E-state index contributed by atoms with van der Waals surface area (Å²) in [4.78, 5) is 0. The van der Waals surface area contributed by atoms with Crippen LogP contribution in [0.25, 0.3) is 0 Å². The van der Waals surface area contributed by atoms with Crippen molar-refractivity contribution in [2.45, 2.75) is 56.7 Å². The minimum Gasteiger partial charge on any atom is -0.382 e. The lowest BCUT2D eigenvalue weighted by atomic mass is 9.83. The summed E-state index contributed by atoms with van der Waals surface area (Å²) in [6.07, 6.45) is 9.32. The van der Waals surface area contributed by atoms with Gasteiger partial charge in [0.05, 0.1) is 16.7 Å². The Morgan fingerprint density at radius 2 is 2.05 bits per heavy atom. The number of anilines is 1. The number of hydrogen-bond acceptors (Lipinski definition) is 2. The van der Waals surface area contributed by atoms with Crippen molar-refractivity contribution < 1.29 is 4.74 Å². The molecule has 110 valence electrons. The predicted octanol–water partition coefficient (Wildman–Crippen LogP) is 5.40. The minimum atomic E-state index is 0.210. The van der Waals surface area contributed by atoms with Gasteiger partial charge in [-0.2, -0.15) is 0 Å². The highest BCUT2D eigenvalue weighted by molar-refractivity contribution is 9.10. The summed E-state index contributed by atoms with van der Waals surface area (Å²) in [7, 11) is 0. The molecule has 0 radical (unpaired) electrons. The Morgan fingerprint density at radius 1 is 1.25 bits per heavy atom. The fourth-order valence-electron chi connectivity index (χ4n) is 3.44. The highest BCUT2D eigenvalue weighted by atomic mass is 79.9. The van der Waals surface area contributed by atoms with Gasteiger partial charge in [0.15, 0.2) is 0 Å². The van der Waals surface area contributed by atoms with Crippen molar-refractivity contribution in [3.8, 4) is 0 Å². The zero-order valence-corrected chi connectivity index (χ0v) is 14.0. The highest BCUT2D eigenvalue weighted by Gasteiger charge is 2.40. The first-order valence-electron chi connectivity index (χ1n) is 7.54. The summed E-state index contributed by atoms with van der Waals surface area (Å²) < 4.78 is 7.29. The molecule has 3 rings (SSSR count). The van der Waals surface area contributed by atoms with Gasteiger partial charge in [-0.15, -0.1) is 0 Å². The molecule has 1 aliphatic carbocycles. The van der Waals surface area contributed by atoms with Crippen LogP contribution in [0.4, 0.5) is 5.69 Å². The molecule has 1 heterocycles. The Kier molecular flexibility index (Phi) is 4.58. The lowest BCUT2D eigenvalue weighted by Crippen LogP contribution is -2.33. The number of hydrogen-bond donors (Lipinski definition) is 1. The van der Waals surface area contributed by atoms with Gasteiger partial charge in [-0.25, -0.2) is 0 Å². The second-order valence-corrected chi connectivity index (χ2v) is 7.29. The zero-order chi connectivity index (χ0) is 14.0. The van der Waals surface area contributed by atoms with E-state index in [1.807, 2.05) is 18.2 Å². The Labute approximate surface area is 134 Å². The normalized spacial score (nSPS) is 25.0. The smallest absolute Gasteiger partial charge is 0.0756 e. The molecule has 1 aliphatic heterocycles. The Bertz CT molecular complexity index is 474. The molecule has 0 aromatic heterocycles. The molecule has 0 bridgehead atoms. The van der Waals surface area contributed by atoms with Crippen LogP contribution in [-0.4, -0.2) is 18.2 Å². The van der Waals surface area contributed by atoms with Gasteiger partial charge in [0, 0.05) is 16.7 Å². The lowest BCUT2D eigenvalue weighted by Gasteiger charge is -2.33. The second kappa shape index (κ2) is 6.25. The molecule has 2 fully saturated rings. The molecule has 1 saturated heterocycles. The van der Waals surface area contributed by atoms with Gasteiger partial charge in [0.1, 0.15) is 0 Å². The Balaban J connectivity index is 1.53. The van der Waals surface area contributed by atoms with Crippen LogP contribution < -0.4 is 5.32 Å². The van der Waals surface area contributed by atoms with Gasteiger partial charge in [0.2, 0.25) is 0 Å². The first kappa shape index (κ1) is 14.7. The van der Waals surface area contributed by atoms with Crippen LogP contribution >= 0.6 is 27.5 Å². The first-order chi connectivity index (χ1) is 9.67. The van der Waals surface area contributed by atoms with E-state index in [1.54, 1.807) is 0 Å². The summed E-state index contributed by atoms with van der Waals surface area (Å²) >= 11 is 9.52. The van der Waals surface area contributed by atoms with Crippen LogP contribution in [0.5, 0.6) is 0 Å². The van der Waals surface area contributed by atoms with Gasteiger partial charge >= 0.3 is 0 Å². The summed E-state index contributed by atoms with van der Waals surface area (Å²) in [5.74, 6) is 0. The number of halogens is 2. The van der Waals surface area contributed by atoms with Crippen molar-refractivity contribution in [3.05, 3.63) is 27.7 Å². The Morgan fingerprint density at radius 3 is 2.80 bits per heavy atom. The molecule has 2 aliphatic rings. The van der Waals surface area contributed by atoms with Gasteiger partial charge in [0.25, 0.3) is 0 Å². The van der Waals surface area contributed by atoms with E-state index >= 15 is 0 Å². The minimum absolute atomic E-state index is 0.210. The second-order valence-electron chi connectivity index (χ2n) is 6.03. The van der Waals surface area contributed by atoms with Gasteiger partial charge in [-0.1, -0.05) is 30.9 Å². The molecule has 4 heteroatoms. The molecular weight excluding hydrogens is 338 g/mol. The van der Waals surface area contributed by atoms with Gasteiger partial charge in [-0.3, -0.25) is 0 Å². The van der Waals surface area contributed by atoms with Crippen molar-refractivity contribution in [1.29, 1.82) is 0 Å². The van der Waals surface area contributed by atoms with Crippen LogP contribution in [0.15, 0.2) is 22.7 Å². The van der Waals surface area contributed by atoms with Crippen molar-refractivity contribution >= 4 is 33.2 Å². The average molecular weight is 359 g/mol. The molecule has 1 aromatic carbocycles. The molecule has 1 aromatic rings. The number of rotatable bonds is 3. The summed E-state index contributed by atoms with van der Waals surface area (Å²) in [6.45, 7) is 0.875. The third kappa shape index (κ3) is 3.32. The summed E-state index contributed by atoms with van der Waals surface area (Å²) in [5.41, 5.74) is 1.27. The van der Waals surface area contributed by atoms with Crippen molar-refractivity contribution in [1.82, 2.24) is 0 Å². The molecule has 1 saturated carbocycles. The number of benzene rings is 1. The quantitative estimate of drug-likeness (QED) is 0.781. The fourth-order valence-corrected chi connectivity index (χ4v) is 3.87. The first-order valence-corrected chi connectivity index (χ1v) is 8.71. The van der Waals surface area contributed by atoms with E-state index in [4.69, 9.17) is 16.3 Å². The lowest BCUT2D eigenvalue weighted by molar-refractivity contribution is -0.0588. The molecule has 1 N–H and O–H groups in total. The number of nitrogens with one attached hydrogen (secondary N) is 1. The maximum Gasteiger partial charge on any atom is 0.0756 e. The van der Waals surface area contributed by atoms with Crippen molar-refractivity contribution in [2.75, 3.05) is 11.9 Å². The average Bonchev–Trinajstić information content (AvgIpc) is 2.84. The highest BCUT2D eigenvalue weighted by Crippen LogP contribution is 2.41. The van der Waals surface area contributed by atoms with E-state index in [-0.39, 0.29) is 5.60 Å². The van der Waals surface area contributed by atoms with Crippen LogP contribution in [0.2, 0.25) is 5.02 Å². The maximum atomic E-state index is 6.36. The standard InChI is InChI=1S/C16H21BrClNO/c17-14-5-4-12(10-15(14)18)19-11-13-6-9-16(20-13)7-2-1-3-8-16/h4-5,10,13,19H,1-3,6-9,11H2. The molecule has 1 unspecified atom stereocenters. The van der Waals surface area contributed by atoms with E-state index in [2.05, 4.69) is 21.2 Å². The van der Waals surface area contributed by atoms with Crippen LogP contribution in [0.1, 0.15) is 44.9 Å². The molecule has 2 nitrogen and oxygen atoms in total. The van der Waals surface area contributed by atoms with E-state index in [0.29, 0.717) is 6.10 Å². The van der Waals surface area contributed by atoms with Crippen LogP contribution in [0, 0.1) is 0 Å². The molecule has 1 spiro atoms. The predicted molar refractivity (Wildman–Crippen MR) is 87.6 cm³/mol. The van der Waals surface area contributed by atoms with Gasteiger partial charge in [-0.05, 0) is 59.8 Å². The van der Waals surface area contributed by atoms with E-state index in [1.165, 1.54) is 44.9 Å². The summed E-state index contributed by atoms with van der Waals surface area (Å²) in [6, 6.07) is 5.97. The molecule has 1 atom stereocenters. The summed E-state index contributed by atoms with van der Waals surface area (Å²) in [5, 5.41) is 4.19. The number of ether oxygens (including phenoxy) is 1. The molecular formula is C16H21BrClNO. The van der Waals surface area contributed by atoms with E-state index < -0.39 is 0 Å². The SMILES string of the molecule is Clc1cc(NCC2CCC3(CCCCC3)O2)ccc1Br. The third-order valence-corrected chi connectivity index (χ3v) is 5.79. The monoisotopic (exact) mass is 357 g/mol. The van der Waals surface area contributed by atoms with Crippen molar-refractivity contribution in [3.63, 3.8) is 0 Å². The van der Waals surface area contributed by atoms with E-state index in [9.17, 15) is 0 Å². The third-order valence-electron chi connectivity index (χ3n) is 4.56. The topological polar surface area (TPSA) is 21.3 Å². The Hall–Kier alpha value is -0.250. The maximum absolute atomic E-state index is 6.36. The molecule has 0 amide bonds. The van der Waals surface area contributed by atoms with Crippen molar-refractivity contribution in [2.24, 2.45) is 0 Å². The zero-order valence-electron chi connectivity index (χ0n) is 11.6. The molecule has 20 heavy (non-hydrogen) atoms. The van der Waals surface area contributed by atoms with Gasteiger partial charge < -0.3 is 10.1 Å². The van der Waals surface area contributed by atoms with E-state index in [0.717, 1.165) is 21.7 Å². The van der Waals surface area contributed by atoms with Crippen LogP contribution in [0.3, 0.4) is 0 Å². The van der Waals surface area contributed by atoms with Crippen LogP contribution in [-0.2, 0) is 4.74 Å².